The summed E-state index contributed by atoms with van der Waals surface area (Å²) in [4.78, 5) is 33.4. The number of hydrogen-bond donors (Lipinski definition) is 2. The first-order chi connectivity index (χ1) is 14.0. The van der Waals surface area contributed by atoms with E-state index in [1.807, 2.05) is 30.3 Å². The van der Waals surface area contributed by atoms with Gasteiger partial charge in [0.1, 0.15) is 0 Å². The van der Waals surface area contributed by atoms with Crippen LogP contribution >= 0.6 is 0 Å². The molecule has 3 aromatic rings. The van der Waals surface area contributed by atoms with E-state index in [9.17, 15) is 9.59 Å². The first kappa shape index (κ1) is 19.8. The number of methoxy groups -OCH3 is 2. The zero-order valence-electron chi connectivity index (χ0n) is 16.2. The van der Waals surface area contributed by atoms with Crippen LogP contribution in [0.3, 0.4) is 0 Å². The van der Waals surface area contributed by atoms with Gasteiger partial charge in [0, 0.05) is 17.3 Å². The lowest BCUT2D eigenvalue weighted by atomic mass is 10.2. The number of carbonyl (C=O) groups excluding carboxylic acids is 2. The molecular weight excluding hydrogens is 372 g/mol. The lowest BCUT2D eigenvalue weighted by molar-refractivity contribution is 0.0845. The van der Waals surface area contributed by atoms with E-state index < -0.39 is 11.8 Å². The van der Waals surface area contributed by atoms with E-state index in [4.69, 9.17) is 9.47 Å². The number of carbonyl (C=O) groups is 2. The monoisotopic (exact) mass is 392 g/mol. The molecule has 0 unspecified atom stereocenters. The Morgan fingerprint density at radius 1 is 0.897 bits per heavy atom. The number of amides is 2. The Hall–Kier alpha value is -3.94. The van der Waals surface area contributed by atoms with Gasteiger partial charge in [-0.2, -0.15) is 0 Å². The zero-order chi connectivity index (χ0) is 20.8. The van der Waals surface area contributed by atoms with Crippen molar-refractivity contribution >= 4 is 11.8 Å². The predicted molar refractivity (Wildman–Crippen MR) is 107 cm³/mol. The standard InChI is InChI=1S/C21H20N4O4/c1-13-16(12-22-19(23-13)14-7-5-4-6-8-14)21(27)25-24-20(26)15-9-10-17(28-2)18(11-15)29-3/h4-12H,1-3H3,(H,24,26)(H,25,27). The Kier molecular flexibility index (Phi) is 6.03. The molecule has 29 heavy (non-hydrogen) atoms. The number of rotatable bonds is 5. The molecule has 0 atom stereocenters. The Bertz CT molecular complexity index is 1040. The maximum absolute atomic E-state index is 12.4. The van der Waals surface area contributed by atoms with E-state index in [0.717, 1.165) is 5.56 Å². The Morgan fingerprint density at radius 2 is 1.59 bits per heavy atom. The molecule has 0 aliphatic rings. The molecule has 0 saturated heterocycles. The fourth-order valence-corrected chi connectivity index (χ4v) is 2.65. The largest absolute Gasteiger partial charge is 0.493 e. The number of hydrazine groups is 1. The van der Waals surface area contributed by atoms with Gasteiger partial charge < -0.3 is 9.47 Å². The average molecular weight is 392 g/mol. The highest BCUT2D eigenvalue weighted by Gasteiger charge is 2.15. The molecule has 2 amide bonds. The summed E-state index contributed by atoms with van der Waals surface area (Å²) < 4.78 is 10.3. The molecule has 3 rings (SSSR count). The van der Waals surface area contributed by atoms with Gasteiger partial charge in [-0.1, -0.05) is 30.3 Å². The first-order valence-electron chi connectivity index (χ1n) is 8.75. The third-order valence-corrected chi connectivity index (χ3v) is 4.19. The SMILES string of the molecule is COc1ccc(C(=O)NNC(=O)c2cnc(-c3ccccc3)nc2C)cc1OC. The summed E-state index contributed by atoms with van der Waals surface area (Å²) in [6.45, 7) is 1.71. The van der Waals surface area contributed by atoms with E-state index in [2.05, 4.69) is 20.8 Å². The average Bonchev–Trinajstić information content (AvgIpc) is 2.77. The van der Waals surface area contributed by atoms with Gasteiger partial charge in [-0.05, 0) is 25.1 Å². The summed E-state index contributed by atoms with van der Waals surface area (Å²) in [5.41, 5.74) is 6.65. The van der Waals surface area contributed by atoms with Crippen molar-refractivity contribution in [3.05, 3.63) is 71.5 Å². The molecule has 8 nitrogen and oxygen atoms in total. The highest BCUT2D eigenvalue weighted by atomic mass is 16.5. The van der Waals surface area contributed by atoms with Crippen LogP contribution in [-0.4, -0.2) is 36.0 Å². The fraction of sp³-hybridized carbons (Fsp3) is 0.143. The number of nitrogens with zero attached hydrogens (tertiary/aromatic N) is 2. The number of benzene rings is 2. The van der Waals surface area contributed by atoms with Crippen molar-refractivity contribution in [3.8, 4) is 22.9 Å². The van der Waals surface area contributed by atoms with E-state index in [1.165, 1.54) is 26.5 Å². The van der Waals surface area contributed by atoms with Gasteiger partial charge in [-0.3, -0.25) is 20.4 Å². The lowest BCUT2D eigenvalue weighted by Crippen LogP contribution is -2.42. The van der Waals surface area contributed by atoms with Crippen LogP contribution in [-0.2, 0) is 0 Å². The molecule has 0 spiro atoms. The first-order valence-corrected chi connectivity index (χ1v) is 8.75. The van der Waals surface area contributed by atoms with E-state index in [-0.39, 0.29) is 5.56 Å². The third-order valence-electron chi connectivity index (χ3n) is 4.19. The van der Waals surface area contributed by atoms with Crippen molar-refractivity contribution in [2.75, 3.05) is 14.2 Å². The van der Waals surface area contributed by atoms with Gasteiger partial charge in [0.25, 0.3) is 11.8 Å². The fourth-order valence-electron chi connectivity index (χ4n) is 2.65. The summed E-state index contributed by atoms with van der Waals surface area (Å²) in [7, 11) is 2.98. The minimum Gasteiger partial charge on any atom is -0.493 e. The van der Waals surface area contributed by atoms with Crippen LogP contribution in [0.25, 0.3) is 11.4 Å². The summed E-state index contributed by atoms with van der Waals surface area (Å²) in [5.74, 6) is 0.412. The van der Waals surface area contributed by atoms with Crippen LogP contribution < -0.4 is 20.3 Å². The van der Waals surface area contributed by atoms with Gasteiger partial charge in [0.2, 0.25) is 0 Å². The van der Waals surface area contributed by atoms with Crippen molar-refractivity contribution < 1.29 is 19.1 Å². The van der Waals surface area contributed by atoms with Crippen LogP contribution in [0, 0.1) is 6.92 Å². The maximum atomic E-state index is 12.4. The molecule has 8 heteroatoms. The lowest BCUT2D eigenvalue weighted by Gasteiger charge is -2.11. The molecule has 0 fully saturated rings. The number of hydrogen-bond acceptors (Lipinski definition) is 6. The molecule has 0 aliphatic heterocycles. The number of ether oxygens (including phenoxy) is 2. The van der Waals surface area contributed by atoms with Gasteiger partial charge in [0.15, 0.2) is 17.3 Å². The molecule has 1 heterocycles. The molecule has 1 aromatic heterocycles. The highest BCUT2D eigenvalue weighted by molar-refractivity contribution is 5.99. The number of aryl methyl sites for hydroxylation is 1. The second kappa shape index (κ2) is 8.83. The van der Waals surface area contributed by atoms with Crippen molar-refractivity contribution in [2.24, 2.45) is 0 Å². The second-order valence-electron chi connectivity index (χ2n) is 6.04. The van der Waals surface area contributed by atoms with Gasteiger partial charge in [-0.15, -0.1) is 0 Å². The quantitative estimate of drug-likeness (QED) is 0.647. The summed E-state index contributed by atoms with van der Waals surface area (Å²) >= 11 is 0. The molecule has 0 aliphatic carbocycles. The molecule has 0 bridgehead atoms. The number of aromatic nitrogens is 2. The minimum absolute atomic E-state index is 0.261. The molecular formula is C21H20N4O4. The van der Waals surface area contributed by atoms with Crippen LogP contribution in [0.1, 0.15) is 26.4 Å². The van der Waals surface area contributed by atoms with E-state index in [0.29, 0.717) is 28.6 Å². The van der Waals surface area contributed by atoms with Crippen molar-refractivity contribution in [2.45, 2.75) is 6.92 Å². The second-order valence-corrected chi connectivity index (χ2v) is 6.04. The topological polar surface area (TPSA) is 102 Å². The molecule has 148 valence electrons. The normalized spacial score (nSPS) is 10.2. The van der Waals surface area contributed by atoms with Gasteiger partial charge in [0.05, 0.1) is 25.5 Å². The van der Waals surface area contributed by atoms with Crippen molar-refractivity contribution in [1.29, 1.82) is 0 Å². The summed E-state index contributed by atoms with van der Waals surface area (Å²) in [5, 5.41) is 0. The molecule has 2 N–H and O–H groups in total. The Morgan fingerprint density at radius 3 is 2.24 bits per heavy atom. The highest BCUT2D eigenvalue weighted by Crippen LogP contribution is 2.27. The van der Waals surface area contributed by atoms with E-state index >= 15 is 0 Å². The van der Waals surface area contributed by atoms with Crippen molar-refractivity contribution in [3.63, 3.8) is 0 Å². The van der Waals surface area contributed by atoms with Crippen LogP contribution in [0.15, 0.2) is 54.7 Å². The number of nitrogens with one attached hydrogen (secondary N) is 2. The van der Waals surface area contributed by atoms with Crippen LogP contribution in [0.4, 0.5) is 0 Å². The Balaban J connectivity index is 1.68. The van der Waals surface area contributed by atoms with E-state index in [1.54, 1.807) is 19.1 Å². The zero-order valence-corrected chi connectivity index (χ0v) is 16.2. The van der Waals surface area contributed by atoms with Crippen LogP contribution in [0.5, 0.6) is 11.5 Å². The van der Waals surface area contributed by atoms with Crippen molar-refractivity contribution in [1.82, 2.24) is 20.8 Å². The Labute approximate surface area is 167 Å². The van der Waals surface area contributed by atoms with Crippen LogP contribution in [0.2, 0.25) is 0 Å². The molecule has 2 aromatic carbocycles. The smallest absolute Gasteiger partial charge is 0.273 e. The predicted octanol–water partition coefficient (Wildman–Crippen LogP) is 2.54. The van der Waals surface area contributed by atoms with Gasteiger partial charge in [-0.25, -0.2) is 9.97 Å². The summed E-state index contributed by atoms with van der Waals surface area (Å²) in [6.07, 6.45) is 1.43. The minimum atomic E-state index is -0.518. The third kappa shape index (κ3) is 4.49. The maximum Gasteiger partial charge on any atom is 0.273 e. The molecule has 0 radical (unpaired) electrons. The summed E-state index contributed by atoms with van der Waals surface area (Å²) in [6, 6.07) is 14.1. The molecule has 0 saturated carbocycles. The van der Waals surface area contributed by atoms with Gasteiger partial charge >= 0.3 is 0 Å².